The van der Waals surface area contributed by atoms with E-state index in [2.05, 4.69) is 25.7 Å². The van der Waals surface area contributed by atoms with Crippen LogP contribution in [0.2, 0.25) is 19.6 Å². The van der Waals surface area contributed by atoms with Gasteiger partial charge in [0.2, 0.25) is 8.32 Å². The Hall–Kier alpha value is -0.973. The normalized spacial score (nSPS) is 26.3. The van der Waals surface area contributed by atoms with Crippen molar-refractivity contribution < 1.29 is 14.0 Å². The summed E-state index contributed by atoms with van der Waals surface area (Å²) in [4.78, 5) is 14.2. The second-order valence-electron chi connectivity index (χ2n) is 7.74. The maximum absolute atomic E-state index is 12.3. The van der Waals surface area contributed by atoms with E-state index in [0.717, 1.165) is 25.0 Å². The van der Waals surface area contributed by atoms with Gasteiger partial charge in [-0.2, -0.15) is 0 Å². The summed E-state index contributed by atoms with van der Waals surface area (Å²) >= 11 is 0. The van der Waals surface area contributed by atoms with Gasteiger partial charge in [0.05, 0.1) is 11.8 Å². The van der Waals surface area contributed by atoms with Gasteiger partial charge in [-0.05, 0) is 59.3 Å². The van der Waals surface area contributed by atoms with Crippen molar-refractivity contribution in [2.75, 3.05) is 0 Å². The van der Waals surface area contributed by atoms with E-state index in [0.29, 0.717) is 0 Å². The van der Waals surface area contributed by atoms with E-state index >= 15 is 0 Å². The number of nitrogens with zero attached hydrogens (tertiary/aromatic N) is 1. The van der Waals surface area contributed by atoms with Crippen LogP contribution in [-0.4, -0.2) is 37.0 Å². The zero-order valence-electron chi connectivity index (χ0n) is 13.5. The lowest BCUT2D eigenvalue weighted by molar-refractivity contribution is 0.0154. The highest BCUT2D eigenvalue weighted by Gasteiger charge is 2.42. The molecule has 114 valence electrons. The number of ether oxygens (including phenoxy) is 1. The SMILES string of the molecule is CC(C)(C)OC(=O)N1C2C=C(O[Si](C)(C)C)CC1CC2. The number of amides is 1. The van der Waals surface area contributed by atoms with Crippen molar-refractivity contribution in [1.29, 1.82) is 0 Å². The Kier molecular flexibility index (Phi) is 3.93. The van der Waals surface area contributed by atoms with E-state index < -0.39 is 13.9 Å². The molecule has 1 fully saturated rings. The fraction of sp³-hybridized carbons (Fsp3) is 0.800. The number of carbonyl (C=O) groups excluding carboxylic acids is 1. The van der Waals surface area contributed by atoms with Crippen LogP contribution < -0.4 is 0 Å². The van der Waals surface area contributed by atoms with E-state index in [9.17, 15) is 4.79 Å². The molecule has 5 heteroatoms. The molecule has 1 amide bonds. The molecule has 2 rings (SSSR count). The van der Waals surface area contributed by atoms with Crippen molar-refractivity contribution in [3.63, 3.8) is 0 Å². The van der Waals surface area contributed by atoms with Gasteiger partial charge in [0, 0.05) is 12.5 Å². The molecule has 0 spiro atoms. The predicted molar refractivity (Wildman–Crippen MR) is 82.0 cm³/mol. The lowest BCUT2D eigenvalue weighted by atomic mass is 10.1. The predicted octanol–water partition coefficient (Wildman–Crippen LogP) is 3.89. The van der Waals surface area contributed by atoms with E-state index in [-0.39, 0.29) is 18.2 Å². The van der Waals surface area contributed by atoms with Crippen LogP contribution in [0.4, 0.5) is 4.79 Å². The van der Waals surface area contributed by atoms with Crippen LogP contribution in [0.5, 0.6) is 0 Å². The standard InChI is InChI=1S/C15H27NO3Si/c1-15(2,3)18-14(17)16-11-7-8-12(16)10-13(9-11)19-20(4,5)6/h9,11-12H,7-8,10H2,1-6H3. The summed E-state index contributed by atoms with van der Waals surface area (Å²) in [6.45, 7) is 12.3. The van der Waals surface area contributed by atoms with Gasteiger partial charge in [-0.1, -0.05) is 0 Å². The minimum Gasteiger partial charge on any atom is -0.547 e. The van der Waals surface area contributed by atoms with Gasteiger partial charge in [-0.25, -0.2) is 4.79 Å². The molecule has 1 saturated heterocycles. The van der Waals surface area contributed by atoms with Crippen molar-refractivity contribution in [2.24, 2.45) is 0 Å². The lowest BCUT2D eigenvalue weighted by Crippen LogP contribution is -2.46. The number of hydrogen-bond acceptors (Lipinski definition) is 3. The average Bonchev–Trinajstić information content (AvgIpc) is 2.46. The third-order valence-corrected chi connectivity index (χ3v) is 4.28. The lowest BCUT2D eigenvalue weighted by Gasteiger charge is -2.36. The highest BCUT2D eigenvalue weighted by atomic mass is 28.4. The minimum absolute atomic E-state index is 0.148. The Bertz CT molecular complexity index is 420. The smallest absolute Gasteiger partial charge is 0.411 e. The molecule has 0 aromatic carbocycles. The third-order valence-electron chi connectivity index (χ3n) is 3.40. The van der Waals surface area contributed by atoms with E-state index in [4.69, 9.17) is 9.16 Å². The van der Waals surface area contributed by atoms with E-state index in [1.54, 1.807) is 0 Å². The van der Waals surface area contributed by atoms with Gasteiger partial charge in [0.1, 0.15) is 5.60 Å². The van der Waals surface area contributed by atoms with Crippen LogP contribution in [-0.2, 0) is 9.16 Å². The summed E-state index contributed by atoms with van der Waals surface area (Å²) in [5, 5.41) is 0. The molecule has 2 heterocycles. The second-order valence-corrected chi connectivity index (χ2v) is 12.2. The highest BCUT2D eigenvalue weighted by molar-refractivity contribution is 6.70. The fourth-order valence-corrected chi connectivity index (χ4v) is 3.80. The largest absolute Gasteiger partial charge is 0.547 e. The second kappa shape index (κ2) is 5.10. The molecule has 2 unspecified atom stereocenters. The van der Waals surface area contributed by atoms with Crippen LogP contribution in [0.15, 0.2) is 11.8 Å². The molecule has 4 nitrogen and oxygen atoms in total. The Morgan fingerprint density at radius 3 is 2.45 bits per heavy atom. The topological polar surface area (TPSA) is 38.8 Å². The Balaban J connectivity index is 2.08. The quantitative estimate of drug-likeness (QED) is 0.726. The van der Waals surface area contributed by atoms with Gasteiger partial charge in [0.15, 0.2) is 0 Å². The molecule has 2 atom stereocenters. The van der Waals surface area contributed by atoms with Gasteiger partial charge in [0.25, 0.3) is 0 Å². The summed E-state index contributed by atoms with van der Waals surface area (Å²) in [5.41, 5.74) is -0.435. The summed E-state index contributed by atoms with van der Waals surface area (Å²) in [6, 6.07) is 0.390. The fourth-order valence-electron chi connectivity index (χ4n) is 2.86. The van der Waals surface area contributed by atoms with Crippen molar-refractivity contribution >= 4 is 14.4 Å². The molecule has 0 aliphatic carbocycles. The molecule has 2 bridgehead atoms. The molecular weight excluding hydrogens is 270 g/mol. The van der Waals surface area contributed by atoms with E-state index in [1.807, 2.05) is 25.7 Å². The monoisotopic (exact) mass is 297 g/mol. The first-order valence-electron chi connectivity index (χ1n) is 7.46. The van der Waals surface area contributed by atoms with E-state index in [1.165, 1.54) is 0 Å². The molecule has 0 N–H and O–H groups in total. The summed E-state index contributed by atoms with van der Waals surface area (Å²) in [5.74, 6) is 1.08. The number of carbonyl (C=O) groups is 1. The highest BCUT2D eigenvalue weighted by Crippen LogP contribution is 2.37. The molecular formula is C15H27NO3Si. The van der Waals surface area contributed by atoms with Crippen molar-refractivity contribution in [3.8, 4) is 0 Å². The number of fused-ring (bicyclic) bond motifs is 2. The third kappa shape index (κ3) is 3.78. The molecule has 0 radical (unpaired) electrons. The van der Waals surface area contributed by atoms with Crippen LogP contribution in [0.1, 0.15) is 40.0 Å². The summed E-state index contributed by atoms with van der Waals surface area (Å²) in [7, 11) is -1.57. The van der Waals surface area contributed by atoms with Crippen molar-refractivity contribution in [3.05, 3.63) is 11.8 Å². The molecule has 2 aliphatic heterocycles. The van der Waals surface area contributed by atoms with Gasteiger partial charge < -0.3 is 9.16 Å². The van der Waals surface area contributed by atoms with Crippen molar-refractivity contribution in [2.45, 2.75) is 77.4 Å². The summed E-state index contributed by atoms with van der Waals surface area (Å²) < 4.78 is 11.6. The number of hydrogen-bond donors (Lipinski definition) is 0. The van der Waals surface area contributed by atoms with Gasteiger partial charge in [-0.15, -0.1) is 0 Å². The minimum atomic E-state index is -1.57. The van der Waals surface area contributed by atoms with Crippen LogP contribution >= 0.6 is 0 Å². The van der Waals surface area contributed by atoms with Crippen LogP contribution in [0, 0.1) is 0 Å². The Morgan fingerprint density at radius 1 is 1.30 bits per heavy atom. The average molecular weight is 297 g/mol. The van der Waals surface area contributed by atoms with Crippen molar-refractivity contribution in [1.82, 2.24) is 4.90 Å². The molecule has 20 heavy (non-hydrogen) atoms. The molecule has 0 aromatic rings. The number of rotatable bonds is 2. The molecule has 2 aliphatic rings. The van der Waals surface area contributed by atoms with Crippen LogP contribution in [0.25, 0.3) is 0 Å². The zero-order valence-corrected chi connectivity index (χ0v) is 14.5. The first kappa shape index (κ1) is 15.4. The van der Waals surface area contributed by atoms with Gasteiger partial charge in [-0.3, -0.25) is 4.90 Å². The Labute approximate surface area is 123 Å². The van der Waals surface area contributed by atoms with Gasteiger partial charge >= 0.3 is 6.09 Å². The first-order valence-corrected chi connectivity index (χ1v) is 10.9. The molecule has 0 saturated carbocycles. The summed E-state index contributed by atoms with van der Waals surface area (Å²) in [6.07, 6.45) is 4.83. The maximum atomic E-state index is 12.3. The zero-order chi connectivity index (χ0) is 15.1. The Morgan fingerprint density at radius 2 is 1.95 bits per heavy atom. The maximum Gasteiger partial charge on any atom is 0.411 e. The first-order chi connectivity index (χ1) is 9.05. The van der Waals surface area contributed by atoms with Crippen LogP contribution in [0.3, 0.4) is 0 Å². The molecule has 0 aromatic heterocycles.